The van der Waals surface area contributed by atoms with Crippen LogP contribution in [-0.4, -0.2) is 36.1 Å². The zero-order chi connectivity index (χ0) is 19.4. The summed E-state index contributed by atoms with van der Waals surface area (Å²) in [4.78, 5) is 25.2. The summed E-state index contributed by atoms with van der Waals surface area (Å²) >= 11 is 0. The number of benzene rings is 1. The van der Waals surface area contributed by atoms with E-state index in [2.05, 4.69) is 20.5 Å². The Morgan fingerprint density at radius 2 is 1.85 bits per heavy atom. The molecule has 3 rings (SSSR count). The molecular weight excluding hydrogens is 346 g/mol. The minimum Gasteiger partial charge on any atom is -0.452 e. The first-order valence-electron chi connectivity index (χ1n) is 9.03. The Labute approximate surface area is 158 Å². The van der Waals surface area contributed by atoms with Crippen LogP contribution < -0.4 is 15.5 Å². The van der Waals surface area contributed by atoms with Crippen molar-refractivity contribution in [2.75, 3.05) is 29.7 Å². The number of rotatable bonds is 4. The molecular formula is C19H25N5O3. The second-order valence-electron chi connectivity index (χ2n) is 6.68. The molecule has 0 bridgehead atoms. The van der Waals surface area contributed by atoms with Crippen molar-refractivity contribution in [2.45, 2.75) is 38.6 Å². The number of carbonyl (C=O) groups is 2. The number of ether oxygens (including phenoxy) is 1. The molecule has 3 amide bonds. The molecule has 1 heterocycles. The minimum atomic E-state index is -0.455. The van der Waals surface area contributed by atoms with Crippen molar-refractivity contribution in [3.8, 4) is 0 Å². The lowest BCUT2D eigenvalue weighted by Crippen LogP contribution is -2.25. The molecule has 8 heteroatoms. The molecule has 0 atom stereocenters. The van der Waals surface area contributed by atoms with E-state index in [1.807, 2.05) is 11.6 Å². The summed E-state index contributed by atoms with van der Waals surface area (Å²) in [5.41, 5.74) is 2.96. The van der Waals surface area contributed by atoms with Crippen molar-refractivity contribution in [3.63, 3.8) is 0 Å². The molecule has 1 aromatic heterocycles. The lowest BCUT2D eigenvalue weighted by atomic mass is 10.2. The second kappa shape index (κ2) is 8.11. The number of urea groups is 1. The minimum absolute atomic E-state index is 0.335. The summed E-state index contributed by atoms with van der Waals surface area (Å²) in [5, 5.41) is 10.1. The summed E-state index contributed by atoms with van der Waals surface area (Å²) in [6, 6.07) is 7.01. The van der Waals surface area contributed by atoms with Crippen LogP contribution in [0.3, 0.4) is 0 Å². The van der Waals surface area contributed by atoms with Gasteiger partial charge in [-0.25, -0.2) is 9.59 Å². The predicted octanol–water partition coefficient (Wildman–Crippen LogP) is 4.15. The van der Waals surface area contributed by atoms with E-state index in [0.717, 1.165) is 18.5 Å². The molecule has 0 saturated heterocycles. The summed E-state index contributed by atoms with van der Waals surface area (Å²) in [5.74, 6) is 0. The largest absolute Gasteiger partial charge is 0.452 e. The number of hydrogen-bond acceptors (Lipinski definition) is 4. The number of carbonyl (C=O) groups excluding carboxylic acids is 2. The van der Waals surface area contributed by atoms with Gasteiger partial charge in [-0.3, -0.25) is 9.58 Å². The third kappa shape index (κ3) is 4.21. The lowest BCUT2D eigenvalue weighted by Gasteiger charge is -2.16. The molecule has 2 N–H and O–H groups in total. The van der Waals surface area contributed by atoms with Crippen molar-refractivity contribution < 1.29 is 14.3 Å². The monoisotopic (exact) mass is 371 g/mol. The van der Waals surface area contributed by atoms with E-state index in [1.54, 1.807) is 37.5 Å². The predicted molar refractivity (Wildman–Crippen MR) is 104 cm³/mol. The van der Waals surface area contributed by atoms with Crippen LogP contribution in [0, 0.1) is 6.92 Å². The fraction of sp³-hybridized carbons (Fsp3) is 0.421. The van der Waals surface area contributed by atoms with Gasteiger partial charge in [0.15, 0.2) is 0 Å². The number of hydrogen-bond donors (Lipinski definition) is 2. The first-order chi connectivity index (χ1) is 13.0. The smallest absolute Gasteiger partial charge is 0.413 e. The summed E-state index contributed by atoms with van der Waals surface area (Å²) < 4.78 is 6.69. The summed E-state index contributed by atoms with van der Waals surface area (Å²) in [6.45, 7) is 1.97. The molecule has 1 saturated carbocycles. The van der Waals surface area contributed by atoms with Crippen molar-refractivity contribution >= 4 is 29.2 Å². The van der Waals surface area contributed by atoms with Crippen LogP contribution in [0.15, 0.2) is 30.5 Å². The topological polar surface area (TPSA) is 88.5 Å². The Morgan fingerprint density at radius 1 is 1.19 bits per heavy atom. The highest BCUT2D eigenvalue weighted by Gasteiger charge is 2.21. The molecule has 144 valence electrons. The maximum absolute atomic E-state index is 12.3. The maximum atomic E-state index is 12.3. The summed E-state index contributed by atoms with van der Waals surface area (Å²) in [6.07, 6.45) is 5.98. The van der Waals surface area contributed by atoms with Gasteiger partial charge in [-0.15, -0.1) is 0 Å². The standard InChI is InChI=1S/C19H25N5O3/c1-13-17(12-20-24(13)16-6-4-5-7-16)22-18(25)21-14-8-10-15(11-9-14)23(2)19(26)27-3/h8-12,16H,4-7H2,1-3H3,(H2,21,22,25). The average molecular weight is 371 g/mol. The van der Waals surface area contributed by atoms with Crippen LogP contribution >= 0.6 is 0 Å². The van der Waals surface area contributed by atoms with E-state index in [9.17, 15) is 9.59 Å². The van der Waals surface area contributed by atoms with Gasteiger partial charge in [0.1, 0.15) is 0 Å². The molecule has 1 aliphatic rings. The number of nitrogens with zero attached hydrogens (tertiary/aromatic N) is 3. The van der Waals surface area contributed by atoms with Gasteiger partial charge in [0, 0.05) is 18.4 Å². The van der Waals surface area contributed by atoms with E-state index in [1.165, 1.54) is 24.9 Å². The molecule has 2 aromatic rings. The average Bonchev–Trinajstić information content (AvgIpc) is 3.31. The Hall–Kier alpha value is -3.03. The van der Waals surface area contributed by atoms with E-state index >= 15 is 0 Å². The van der Waals surface area contributed by atoms with Gasteiger partial charge in [0.25, 0.3) is 0 Å². The molecule has 1 aliphatic carbocycles. The molecule has 1 fully saturated rings. The lowest BCUT2D eigenvalue weighted by molar-refractivity contribution is 0.180. The maximum Gasteiger partial charge on any atom is 0.413 e. The van der Waals surface area contributed by atoms with Crippen LogP contribution in [-0.2, 0) is 4.74 Å². The number of aromatic nitrogens is 2. The summed E-state index contributed by atoms with van der Waals surface area (Å²) in [7, 11) is 2.95. The highest BCUT2D eigenvalue weighted by molar-refractivity contribution is 6.00. The van der Waals surface area contributed by atoms with Crippen LogP contribution in [0.2, 0.25) is 0 Å². The molecule has 0 spiro atoms. The van der Waals surface area contributed by atoms with E-state index in [-0.39, 0.29) is 6.03 Å². The quantitative estimate of drug-likeness (QED) is 0.845. The van der Waals surface area contributed by atoms with E-state index in [0.29, 0.717) is 23.1 Å². The number of amides is 3. The molecule has 0 unspecified atom stereocenters. The van der Waals surface area contributed by atoms with Crippen LogP contribution in [0.1, 0.15) is 37.4 Å². The number of anilines is 3. The van der Waals surface area contributed by atoms with E-state index < -0.39 is 6.09 Å². The molecule has 1 aromatic carbocycles. The van der Waals surface area contributed by atoms with Crippen molar-refractivity contribution in [3.05, 3.63) is 36.2 Å². The second-order valence-corrected chi connectivity index (χ2v) is 6.68. The fourth-order valence-corrected chi connectivity index (χ4v) is 3.36. The van der Waals surface area contributed by atoms with Gasteiger partial charge in [-0.1, -0.05) is 12.8 Å². The third-order valence-corrected chi connectivity index (χ3v) is 4.92. The Bertz CT molecular complexity index is 809. The third-order valence-electron chi connectivity index (χ3n) is 4.92. The Morgan fingerprint density at radius 3 is 2.48 bits per heavy atom. The van der Waals surface area contributed by atoms with Gasteiger partial charge in [0.2, 0.25) is 0 Å². The molecule has 0 radical (unpaired) electrons. The highest BCUT2D eigenvalue weighted by atomic mass is 16.5. The van der Waals surface area contributed by atoms with Crippen molar-refractivity contribution in [1.82, 2.24) is 9.78 Å². The van der Waals surface area contributed by atoms with Gasteiger partial charge >= 0.3 is 12.1 Å². The fourth-order valence-electron chi connectivity index (χ4n) is 3.36. The Kier molecular flexibility index (Phi) is 5.63. The first kappa shape index (κ1) is 18.8. The van der Waals surface area contributed by atoms with Crippen molar-refractivity contribution in [2.24, 2.45) is 0 Å². The Balaban J connectivity index is 1.60. The van der Waals surface area contributed by atoms with Gasteiger partial charge < -0.3 is 15.4 Å². The van der Waals surface area contributed by atoms with Gasteiger partial charge in [-0.2, -0.15) is 5.10 Å². The van der Waals surface area contributed by atoms with Crippen LogP contribution in [0.4, 0.5) is 26.7 Å². The highest BCUT2D eigenvalue weighted by Crippen LogP contribution is 2.31. The van der Waals surface area contributed by atoms with Gasteiger partial charge in [0.05, 0.1) is 30.7 Å². The van der Waals surface area contributed by atoms with Gasteiger partial charge in [-0.05, 0) is 44.0 Å². The zero-order valence-corrected chi connectivity index (χ0v) is 15.9. The van der Waals surface area contributed by atoms with Crippen LogP contribution in [0.5, 0.6) is 0 Å². The van der Waals surface area contributed by atoms with Crippen LogP contribution in [0.25, 0.3) is 0 Å². The number of methoxy groups -OCH3 is 1. The van der Waals surface area contributed by atoms with Crippen molar-refractivity contribution in [1.29, 1.82) is 0 Å². The number of nitrogens with one attached hydrogen (secondary N) is 2. The molecule has 0 aliphatic heterocycles. The normalized spacial score (nSPS) is 14.0. The first-order valence-corrected chi connectivity index (χ1v) is 9.03. The SMILES string of the molecule is COC(=O)N(C)c1ccc(NC(=O)Nc2cnn(C3CCCC3)c2C)cc1. The zero-order valence-electron chi connectivity index (χ0n) is 15.9. The van der Waals surface area contributed by atoms with E-state index in [4.69, 9.17) is 0 Å². The molecule has 27 heavy (non-hydrogen) atoms. The molecule has 8 nitrogen and oxygen atoms in total.